The number of hydrogen-bond acceptors (Lipinski definition) is 2. The predicted molar refractivity (Wildman–Crippen MR) is 67.3 cm³/mol. The fourth-order valence-electron chi connectivity index (χ4n) is 2.38. The van der Waals surface area contributed by atoms with Crippen LogP contribution in [-0.4, -0.2) is 13.7 Å². The van der Waals surface area contributed by atoms with Gasteiger partial charge in [0, 0.05) is 11.6 Å². The highest BCUT2D eigenvalue weighted by molar-refractivity contribution is 6.32. The zero-order valence-electron chi connectivity index (χ0n) is 10.0. The van der Waals surface area contributed by atoms with E-state index >= 15 is 0 Å². The van der Waals surface area contributed by atoms with E-state index in [2.05, 4.69) is 25.2 Å². The average Bonchev–Trinajstić information content (AvgIpc) is 2.63. The van der Waals surface area contributed by atoms with Crippen molar-refractivity contribution in [3.8, 4) is 5.75 Å². The third-order valence-electron chi connectivity index (χ3n) is 3.15. The van der Waals surface area contributed by atoms with Crippen LogP contribution in [-0.2, 0) is 0 Å². The molecule has 3 heteroatoms. The summed E-state index contributed by atoms with van der Waals surface area (Å²) in [6.07, 6.45) is 1.15. The summed E-state index contributed by atoms with van der Waals surface area (Å²) in [5.74, 6) is 1.54. The highest BCUT2D eigenvalue weighted by Gasteiger charge is 2.25. The second-order valence-electron chi connectivity index (χ2n) is 4.67. The maximum absolute atomic E-state index is 6.20. The van der Waals surface area contributed by atoms with Gasteiger partial charge in [-0.1, -0.05) is 24.6 Å². The second-order valence-corrected chi connectivity index (χ2v) is 5.08. The fraction of sp³-hybridized carbons (Fsp3) is 0.538. The monoisotopic (exact) mass is 239 g/mol. The molecule has 1 fully saturated rings. The molecule has 0 aliphatic carbocycles. The van der Waals surface area contributed by atoms with Gasteiger partial charge in [0.2, 0.25) is 0 Å². The van der Waals surface area contributed by atoms with Gasteiger partial charge in [0.15, 0.2) is 0 Å². The standard InChI is InChI=1S/C13H18ClNO/c1-8-4-10(12-6-9(2)7-15-12)13(16-3)11(14)5-8/h4-5,9,12,15H,6-7H2,1-3H3/t9-,12-/m1/s1. The first kappa shape index (κ1) is 11.7. The summed E-state index contributed by atoms with van der Waals surface area (Å²) in [6, 6.07) is 4.49. The van der Waals surface area contributed by atoms with Gasteiger partial charge in [-0.05, 0) is 37.4 Å². The van der Waals surface area contributed by atoms with Crippen molar-refractivity contribution in [3.05, 3.63) is 28.3 Å². The largest absolute Gasteiger partial charge is 0.495 e. The van der Waals surface area contributed by atoms with Crippen LogP contribution in [0.5, 0.6) is 5.75 Å². The molecule has 0 aromatic heterocycles. The molecule has 1 N–H and O–H groups in total. The van der Waals surface area contributed by atoms with Gasteiger partial charge in [-0.2, -0.15) is 0 Å². The Morgan fingerprint density at radius 3 is 2.75 bits per heavy atom. The van der Waals surface area contributed by atoms with Crippen LogP contribution >= 0.6 is 11.6 Å². The Hall–Kier alpha value is -0.730. The quantitative estimate of drug-likeness (QED) is 0.855. The number of rotatable bonds is 2. The summed E-state index contributed by atoms with van der Waals surface area (Å²) in [6.45, 7) is 5.39. The molecule has 1 aromatic rings. The molecular weight excluding hydrogens is 222 g/mol. The summed E-state index contributed by atoms with van der Waals surface area (Å²) < 4.78 is 5.41. The van der Waals surface area contributed by atoms with Crippen LogP contribution in [0.25, 0.3) is 0 Å². The molecule has 0 unspecified atom stereocenters. The minimum atomic E-state index is 0.377. The third kappa shape index (κ3) is 2.18. The van der Waals surface area contributed by atoms with Crippen LogP contribution in [0.3, 0.4) is 0 Å². The molecule has 0 saturated carbocycles. The molecule has 1 aliphatic rings. The topological polar surface area (TPSA) is 21.3 Å². The van der Waals surface area contributed by atoms with Crippen molar-refractivity contribution in [2.45, 2.75) is 26.3 Å². The van der Waals surface area contributed by atoms with Crippen molar-refractivity contribution < 1.29 is 4.74 Å². The van der Waals surface area contributed by atoms with E-state index in [-0.39, 0.29) is 0 Å². The molecule has 16 heavy (non-hydrogen) atoms. The minimum absolute atomic E-state index is 0.377. The van der Waals surface area contributed by atoms with Crippen molar-refractivity contribution in [3.63, 3.8) is 0 Å². The molecule has 0 radical (unpaired) electrons. The van der Waals surface area contributed by atoms with Crippen LogP contribution in [0.15, 0.2) is 12.1 Å². The van der Waals surface area contributed by atoms with Crippen molar-refractivity contribution >= 4 is 11.6 Å². The van der Waals surface area contributed by atoms with Crippen LogP contribution in [0, 0.1) is 12.8 Å². The van der Waals surface area contributed by atoms with Gasteiger partial charge in [0.25, 0.3) is 0 Å². The van der Waals surface area contributed by atoms with E-state index in [1.165, 1.54) is 11.1 Å². The molecule has 0 amide bonds. The highest BCUT2D eigenvalue weighted by atomic mass is 35.5. The number of methoxy groups -OCH3 is 1. The summed E-state index contributed by atoms with van der Waals surface area (Å²) in [5.41, 5.74) is 2.37. The fourth-order valence-corrected chi connectivity index (χ4v) is 2.74. The lowest BCUT2D eigenvalue weighted by atomic mass is 9.99. The Kier molecular flexibility index (Phi) is 3.41. The molecule has 88 valence electrons. The van der Waals surface area contributed by atoms with Crippen molar-refractivity contribution in [1.82, 2.24) is 5.32 Å². The molecule has 1 heterocycles. The minimum Gasteiger partial charge on any atom is -0.495 e. The number of hydrogen-bond donors (Lipinski definition) is 1. The normalized spacial score (nSPS) is 24.8. The zero-order valence-corrected chi connectivity index (χ0v) is 10.8. The van der Waals surface area contributed by atoms with E-state index in [9.17, 15) is 0 Å². The molecule has 1 aliphatic heterocycles. The van der Waals surface area contributed by atoms with E-state index < -0.39 is 0 Å². The van der Waals surface area contributed by atoms with E-state index in [0.717, 1.165) is 18.7 Å². The lowest BCUT2D eigenvalue weighted by molar-refractivity contribution is 0.403. The number of aryl methyl sites for hydroxylation is 1. The summed E-state index contributed by atoms with van der Waals surface area (Å²) in [4.78, 5) is 0. The van der Waals surface area contributed by atoms with E-state index in [4.69, 9.17) is 16.3 Å². The first-order chi connectivity index (χ1) is 7.61. The first-order valence-electron chi connectivity index (χ1n) is 5.69. The van der Waals surface area contributed by atoms with Gasteiger partial charge in [0.1, 0.15) is 5.75 Å². The number of nitrogens with one attached hydrogen (secondary N) is 1. The molecule has 2 nitrogen and oxygen atoms in total. The molecule has 0 spiro atoms. The Labute approximate surface area is 102 Å². The highest BCUT2D eigenvalue weighted by Crippen LogP contribution is 2.38. The number of benzene rings is 1. The summed E-state index contributed by atoms with van der Waals surface area (Å²) in [7, 11) is 1.68. The maximum Gasteiger partial charge on any atom is 0.142 e. The zero-order chi connectivity index (χ0) is 11.7. The molecule has 1 saturated heterocycles. The summed E-state index contributed by atoms with van der Waals surface area (Å²) in [5, 5.41) is 4.22. The van der Waals surface area contributed by atoms with Gasteiger partial charge in [-0.3, -0.25) is 0 Å². The van der Waals surface area contributed by atoms with Crippen LogP contribution in [0.4, 0.5) is 0 Å². The Morgan fingerprint density at radius 2 is 2.19 bits per heavy atom. The van der Waals surface area contributed by atoms with Crippen LogP contribution in [0.2, 0.25) is 5.02 Å². The average molecular weight is 240 g/mol. The lowest BCUT2D eigenvalue weighted by Gasteiger charge is -2.17. The maximum atomic E-state index is 6.20. The first-order valence-corrected chi connectivity index (χ1v) is 6.07. The molecule has 0 bridgehead atoms. The van der Waals surface area contributed by atoms with Gasteiger partial charge in [0.05, 0.1) is 12.1 Å². The van der Waals surface area contributed by atoms with E-state index in [0.29, 0.717) is 17.0 Å². The Balaban J connectivity index is 2.38. The Bertz CT molecular complexity index is 392. The third-order valence-corrected chi connectivity index (χ3v) is 3.43. The SMILES string of the molecule is COc1c(Cl)cc(C)cc1[C@H]1C[C@@H](C)CN1. The number of ether oxygens (including phenoxy) is 1. The smallest absolute Gasteiger partial charge is 0.142 e. The van der Waals surface area contributed by atoms with Crippen molar-refractivity contribution in [2.75, 3.05) is 13.7 Å². The predicted octanol–water partition coefficient (Wildman–Crippen LogP) is 3.33. The van der Waals surface area contributed by atoms with Crippen molar-refractivity contribution in [2.24, 2.45) is 5.92 Å². The van der Waals surface area contributed by atoms with Gasteiger partial charge < -0.3 is 10.1 Å². The molecule has 2 atom stereocenters. The summed E-state index contributed by atoms with van der Waals surface area (Å²) >= 11 is 6.20. The van der Waals surface area contributed by atoms with E-state index in [1.54, 1.807) is 7.11 Å². The Morgan fingerprint density at radius 1 is 1.44 bits per heavy atom. The molecule has 1 aromatic carbocycles. The molecular formula is C13H18ClNO. The van der Waals surface area contributed by atoms with E-state index in [1.807, 2.05) is 6.07 Å². The van der Waals surface area contributed by atoms with Gasteiger partial charge in [-0.15, -0.1) is 0 Å². The van der Waals surface area contributed by atoms with Crippen molar-refractivity contribution in [1.29, 1.82) is 0 Å². The number of halogens is 1. The van der Waals surface area contributed by atoms with Crippen LogP contribution < -0.4 is 10.1 Å². The van der Waals surface area contributed by atoms with Crippen LogP contribution in [0.1, 0.15) is 30.5 Å². The molecule has 2 rings (SSSR count). The lowest BCUT2D eigenvalue weighted by Crippen LogP contribution is -2.14. The second kappa shape index (κ2) is 4.64. The van der Waals surface area contributed by atoms with Gasteiger partial charge in [-0.25, -0.2) is 0 Å². The van der Waals surface area contributed by atoms with Gasteiger partial charge >= 0.3 is 0 Å².